The van der Waals surface area contributed by atoms with Gasteiger partial charge >= 0.3 is 0 Å². The number of ether oxygens (including phenoxy) is 4. The largest absolute Gasteiger partial charge is 0.491 e. The van der Waals surface area contributed by atoms with Crippen LogP contribution >= 0.6 is 0 Å². The van der Waals surface area contributed by atoms with E-state index in [4.69, 9.17) is 23.9 Å². The van der Waals surface area contributed by atoms with Gasteiger partial charge in [0.1, 0.15) is 54.0 Å². The Morgan fingerprint density at radius 2 is 1.40 bits per heavy atom. The molecule has 1 unspecified atom stereocenters. The third-order valence-corrected chi connectivity index (χ3v) is 10.1. The molecule has 2 saturated heterocycles. The van der Waals surface area contributed by atoms with Crippen LogP contribution in [0, 0.1) is 6.92 Å². The first kappa shape index (κ1) is 32.3. The van der Waals surface area contributed by atoms with Crippen LogP contribution in [0.3, 0.4) is 0 Å². The summed E-state index contributed by atoms with van der Waals surface area (Å²) in [5.41, 5.74) is 5.15. The van der Waals surface area contributed by atoms with Gasteiger partial charge in [-0.2, -0.15) is 0 Å². The molecule has 4 aromatic carbocycles. The van der Waals surface area contributed by atoms with Crippen molar-refractivity contribution in [2.75, 3.05) is 11.9 Å². The lowest BCUT2D eigenvalue weighted by Gasteiger charge is -2.37. The third-order valence-electron chi connectivity index (χ3n) is 10.1. The average Bonchev–Trinajstić information content (AvgIpc) is 3.85. The molecule has 5 heterocycles. The fraction of sp³-hybridized carbons (Fsp3) is 0.233. The Balaban J connectivity index is 1.01. The van der Waals surface area contributed by atoms with Gasteiger partial charge < -0.3 is 28.8 Å². The smallest absolute Gasteiger partial charge is 0.164 e. The average molecular weight is 690 g/mol. The van der Waals surface area contributed by atoms with Crippen LogP contribution in [0.4, 0.5) is 5.82 Å². The predicted molar refractivity (Wildman–Crippen MR) is 200 cm³/mol. The quantitative estimate of drug-likeness (QED) is 0.152. The summed E-state index contributed by atoms with van der Waals surface area (Å²) >= 11 is 0. The lowest BCUT2D eigenvalue weighted by molar-refractivity contribution is -0.198. The fourth-order valence-corrected chi connectivity index (χ4v) is 7.73. The predicted octanol–water partition coefficient (Wildman–Crippen LogP) is 8.19. The number of nitrogens with zero attached hydrogens (tertiary/aromatic N) is 4. The van der Waals surface area contributed by atoms with E-state index in [1.165, 1.54) is 0 Å². The van der Waals surface area contributed by atoms with Gasteiger partial charge in [-0.05, 0) is 67.8 Å². The van der Waals surface area contributed by atoms with Crippen molar-refractivity contribution in [3.63, 3.8) is 0 Å². The minimum Gasteiger partial charge on any atom is -0.491 e. The Kier molecular flexibility index (Phi) is 7.99. The van der Waals surface area contributed by atoms with Crippen LogP contribution < -0.4 is 10.1 Å². The van der Waals surface area contributed by atoms with Crippen molar-refractivity contribution in [1.29, 1.82) is 0 Å². The minimum atomic E-state index is -0.756. The summed E-state index contributed by atoms with van der Waals surface area (Å²) in [6.45, 7) is 6.12. The van der Waals surface area contributed by atoms with E-state index < -0.39 is 17.6 Å². The van der Waals surface area contributed by atoms with E-state index in [0.29, 0.717) is 5.75 Å². The number of aromatic nitrogens is 4. The molecule has 52 heavy (non-hydrogen) atoms. The molecule has 9 heteroatoms. The zero-order valence-corrected chi connectivity index (χ0v) is 29.2. The van der Waals surface area contributed by atoms with E-state index in [9.17, 15) is 0 Å². The molecule has 0 aliphatic carbocycles. The van der Waals surface area contributed by atoms with Gasteiger partial charge in [0.05, 0.1) is 11.2 Å². The highest BCUT2D eigenvalue weighted by molar-refractivity contribution is 5.82. The highest BCUT2D eigenvalue weighted by atomic mass is 16.8. The van der Waals surface area contributed by atoms with Crippen LogP contribution in [-0.2, 0) is 19.7 Å². The highest BCUT2D eigenvalue weighted by Gasteiger charge is 2.56. The molecule has 0 spiro atoms. The lowest BCUT2D eigenvalue weighted by Crippen LogP contribution is -2.38. The van der Waals surface area contributed by atoms with Crippen molar-refractivity contribution in [1.82, 2.24) is 19.5 Å². The molecule has 4 atom stereocenters. The van der Waals surface area contributed by atoms with Gasteiger partial charge in [-0.3, -0.25) is 0 Å². The first-order valence-electron chi connectivity index (χ1n) is 17.7. The second kappa shape index (κ2) is 12.9. The van der Waals surface area contributed by atoms with Crippen molar-refractivity contribution >= 4 is 27.8 Å². The molecule has 9 rings (SSSR count). The topological polar surface area (TPSA) is 92.6 Å². The van der Waals surface area contributed by atoms with Crippen LogP contribution in [-0.4, -0.2) is 50.2 Å². The SMILES string of the molecule is Cc1ncnc2c1ccn2[C@@H]1O[C@H](COc2ccc3ccc(NC(c4ccccc4)(c4ccccc4)c4ccccc4)nc3c2)C2OC(C)(C)O[C@H]21. The number of hydrogen-bond acceptors (Lipinski definition) is 8. The number of rotatable bonds is 9. The normalized spacial score (nSPS) is 21.0. The number of pyridine rings is 1. The van der Waals surface area contributed by atoms with Crippen LogP contribution in [0.1, 0.15) is 42.5 Å². The van der Waals surface area contributed by atoms with Gasteiger partial charge in [-0.15, -0.1) is 0 Å². The van der Waals surface area contributed by atoms with E-state index in [0.717, 1.165) is 50.1 Å². The second-order valence-corrected chi connectivity index (χ2v) is 13.9. The summed E-state index contributed by atoms with van der Waals surface area (Å²) in [6, 6.07) is 43.7. The Morgan fingerprint density at radius 1 is 0.769 bits per heavy atom. The van der Waals surface area contributed by atoms with Gasteiger partial charge in [-0.1, -0.05) is 91.0 Å². The van der Waals surface area contributed by atoms with E-state index in [1.54, 1.807) is 6.33 Å². The second-order valence-electron chi connectivity index (χ2n) is 13.9. The number of fused-ring (bicyclic) bond motifs is 3. The Labute approximate surface area is 302 Å². The maximum Gasteiger partial charge on any atom is 0.164 e. The number of aryl methyl sites for hydroxylation is 1. The molecule has 2 fully saturated rings. The highest BCUT2D eigenvalue weighted by Crippen LogP contribution is 2.44. The maximum absolute atomic E-state index is 6.63. The lowest BCUT2D eigenvalue weighted by atomic mass is 9.77. The van der Waals surface area contributed by atoms with Crippen LogP contribution in [0.5, 0.6) is 5.75 Å². The summed E-state index contributed by atoms with van der Waals surface area (Å²) in [7, 11) is 0. The van der Waals surface area contributed by atoms with Crippen LogP contribution in [0.25, 0.3) is 21.9 Å². The van der Waals surface area contributed by atoms with E-state index in [2.05, 4.69) is 94.1 Å². The summed E-state index contributed by atoms with van der Waals surface area (Å²) < 4.78 is 27.9. The van der Waals surface area contributed by atoms with Gasteiger partial charge in [0.15, 0.2) is 12.0 Å². The van der Waals surface area contributed by atoms with Gasteiger partial charge in [-0.25, -0.2) is 15.0 Å². The molecule has 0 radical (unpaired) electrons. The standard InChI is InChI=1S/C43H39N5O4/c1-28-34-23-24-48(40(34)45-27-44-28)41-39-38(51-42(2,3)52-39)36(50-41)26-49-33-21-19-29-20-22-37(46-35(29)25-33)47-43(30-13-7-4-8-14-30,31-15-9-5-10-16-31)32-17-11-6-12-18-32/h4-25,27,36,38-39,41H,26H2,1-3H3,(H,46,47)/t36-,38?,39-,41-/m1/s1. The molecule has 0 saturated carbocycles. The van der Waals surface area contributed by atoms with E-state index in [-0.39, 0.29) is 24.9 Å². The van der Waals surface area contributed by atoms with Crippen LogP contribution in [0.15, 0.2) is 140 Å². The van der Waals surface area contributed by atoms with Gasteiger partial charge in [0, 0.05) is 23.0 Å². The summed E-state index contributed by atoms with van der Waals surface area (Å²) in [5, 5.41) is 5.87. The molecule has 3 aromatic heterocycles. The molecule has 1 N–H and O–H groups in total. The van der Waals surface area contributed by atoms with Gasteiger partial charge in [0.2, 0.25) is 0 Å². The molecule has 0 bridgehead atoms. The molecule has 260 valence electrons. The van der Waals surface area contributed by atoms with E-state index in [1.807, 2.05) is 80.1 Å². The van der Waals surface area contributed by atoms with E-state index >= 15 is 0 Å². The Bertz CT molecular complexity index is 2250. The Morgan fingerprint density at radius 3 is 2.08 bits per heavy atom. The Hall–Kier alpha value is -5.61. The molecule has 0 amide bonds. The first-order chi connectivity index (χ1) is 25.4. The monoisotopic (exact) mass is 689 g/mol. The summed E-state index contributed by atoms with van der Waals surface area (Å²) in [6.07, 6.45) is 2.10. The molecular formula is C43H39N5O4. The maximum atomic E-state index is 6.63. The first-order valence-corrected chi connectivity index (χ1v) is 17.7. The molecule has 2 aliphatic heterocycles. The zero-order chi connectivity index (χ0) is 35.3. The molecular weight excluding hydrogens is 651 g/mol. The summed E-state index contributed by atoms with van der Waals surface area (Å²) in [4.78, 5) is 14.1. The molecule has 9 nitrogen and oxygen atoms in total. The van der Waals surface area contributed by atoms with Crippen molar-refractivity contribution in [2.45, 2.75) is 56.6 Å². The number of benzene rings is 4. The number of hydrogen-bond donors (Lipinski definition) is 1. The third kappa shape index (κ3) is 5.67. The minimum absolute atomic E-state index is 0.271. The van der Waals surface area contributed by atoms with Crippen LogP contribution in [0.2, 0.25) is 0 Å². The zero-order valence-electron chi connectivity index (χ0n) is 29.2. The fourth-order valence-electron chi connectivity index (χ4n) is 7.73. The van der Waals surface area contributed by atoms with Crippen molar-refractivity contribution in [3.8, 4) is 5.75 Å². The molecule has 7 aromatic rings. The summed E-state index contributed by atoms with van der Waals surface area (Å²) in [5.74, 6) is 0.672. The van der Waals surface area contributed by atoms with Gasteiger partial charge in [0.25, 0.3) is 0 Å². The molecule has 2 aliphatic rings. The number of nitrogens with one attached hydrogen (secondary N) is 1. The van der Waals surface area contributed by atoms with Crippen molar-refractivity contribution in [3.05, 3.63) is 162 Å². The van der Waals surface area contributed by atoms with Crippen molar-refractivity contribution < 1.29 is 18.9 Å². The number of anilines is 1. The van der Waals surface area contributed by atoms with Crippen molar-refractivity contribution in [2.24, 2.45) is 0 Å².